The van der Waals surface area contributed by atoms with Gasteiger partial charge in [-0.25, -0.2) is 0 Å². The molecule has 0 aromatic heterocycles. The van der Waals surface area contributed by atoms with E-state index in [4.69, 9.17) is 23.7 Å². The molecule has 1 aliphatic heterocycles. The molecule has 0 saturated heterocycles. The standard InChI is InChI=1S/C29H30O8/c1-3-11-34-19-6-7-20-22(14-19)27(21-8-5-18(33-2)15-24(21)35-12-10-30)28(29(31)32)26(20)17-4-9-23-25(13-17)37-16-36-23/h4-9,13-15,26-28,30H,3,10-12,16H2,1-2H3,(H,31,32). The molecular formula is C29H30O8. The Balaban J connectivity index is 1.69. The minimum atomic E-state index is -0.927. The van der Waals surface area contributed by atoms with E-state index >= 15 is 0 Å². The Hall–Kier alpha value is -3.91. The molecule has 0 fully saturated rings. The first-order valence-corrected chi connectivity index (χ1v) is 12.4. The number of aliphatic hydroxyl groups excluding tert-OH is 1. The Morgan fingerprint density at radius 3 is 2.43 bits per heavy atom. The zero-order valence-corrected chi connectivity index (χ0v) is 20.8. The fourth-order valence-corrected chi connectivity index (χ4v) is 5.31. The van der Waals surface area contributed by atoms with E-state index in [9.17, 15) is 15.0 Å². The normalized spacial score (nSPS) is 19.4. The average Bonchev–Trinajstić information content (AvgIpc) is 3.52. The van der Waals surface area contributed by atoms with Crippen LogP contribution < -0.4 is 23.7 Å². The molecule has 37 heavy (non-hydrogen) atoms. The lowest BCUT2D eigenvalue weighted by Gasteiger charge is -2.25. The van der Waals surface area contributed by atoms with Crippen molar-refractivity contribution in [2.24, 2.45) is 5.92 Å². The number of hydrogen-bond donors (Lipinski definition) is 2. The van der Waals surface area contributed by atoms with Crippen molar-refractivity contribution in [2.45, 2.75) is 25.2 Å². The third-order valence-electron chi connectivity index (χ3n) is 6.86. The lowest BCUT2D eigenvalue weighted by molar-refractivity contribution is -0.142. The predicted molar refractivity (Wildman–Crippen MR) is 135 cm³/mol. The molecule has 2 N–H and O–H groups in total. The van der Waals surface area contributed by atoms with Crippen molar-refractivity contribution in [3.05, 3.63) is 76.9 Å². The molecule has 8 nitrogen and oxygen atoms in total. The largest absolute Gasteiger partial charge is 0.497 e. The van der Waals surface area contributed by atoms with Crippen LogP contribution in [0.4, 0.5) is 0 Å². The Morgan fingerprint density at radius 1 is 0.892 bits per heavy atom. The Labute approximate surface area is 215 Å². The second-order valence-electron chi connectivity index (χ2n) is 9.05. The van der Waals surface area contributed by atoms with E-state index < -0.39 is 23.7 Å². The smallest absolute Gasteiger partial charge is 0.308 e. The van der Waals surface area contributed by atoms with Gasteiger partial charge in [0, 0.05) is 23.5 Å². The maximum absolute atomic E-state index is 13.0. The van der Waals surface area contributed by atoms with E-state index in [-0.39, 0.29) is 20.0 Å². The Kier molecular flexibility index (Phi) is 7.10. The minimum absolute atomic E-state index is 0.0721. The van der Waals surface area contributed by atoms with Gasteiger partial charge in [-0.3, -0.25) is 4.79 Å². The van der Waals surface area contributed by atoms with Gasteiger partial charge in [-0.15, -0.1) is 0 Å². The van der Waals surface area contributed by atoms with Gasteiger partial charge in [0.15, 0.2) is 11.5 Å². The highest BCUT2D eigenvalue weighted by Crippen LogP contribution is 2.56. The van der Waals surface area contributed by atoms with E-state index in [0.29, 0.717) is 40.9 Å². The molecule has 0 spiro atoms. The van der Waals surface area contributed by atoms with Gasteiger partial charge in [0.25, 0.3) is 0 Å². The van der Waals surface area contributed by atoms with Crippen LogP contribution in [0.5, 0.6) is 28.7 Å². The van der Waals surface area contributed by atoms with E-state index in [1.54, 1.807) is 19.2 Å². The molecule has 194 valence electrons. The van der Waals surface area contributed by atoms with E-state index in [1.807, 2.05) is 49.4 Å². The third-order valence-corrected chi connectivity index (χ3v) is 6.86. The molecule has 3 aromatic rings. The SMILES string of the molecule is CCCOc1ccc2c(c1)C(c1ccc(OC)cc1OCCO)C(C(=O)O)C2c1ccc2c(c1)OCO2. The fourth-order valence-electron chi connectivity index (χ4n) is 5.31. The topological polar surface area (TPSA) is 104 Å². The number of carboxylic acid groups (broad SMARTS) is 1. The van der Waals surface area contributed by atoms with Crippen LogP contribution in [0.2, 0.25) is 0 Å². The molecule has 0 radical (unpaired) electrons. The van der Waals surface area contributed by atoms with Crippen molar-refractivity contribution in [1.82, 2.24) is 0 Å². The molecule has 5 rings (SSSR count). The second-order valence-corrected chi connectivity index (χ2v) is 9.05. The first-order chi connectivity index (χ1) is 18.0. The summed E-state index contributed by atoms with van der Waals surface area (Å²) in [5.41, 5.74) is 3.31. The van der Waals surface area contributed by atoms with Crippen LogP contribution in [0.25, 0.3) is 0 Å². The quantitative estimate of drug-likeness (QED) is 0.413. The van der Waals surface area contributed by atoms with Gasteiger partial charge in [-0.1, -0.05) is 25.1 Å². The highest BCUT2D eigenvalue weighted by molar-refractivity contribution is 5.78. The summed E-state index contributed by atoms with van der Waals surface area (Å²) in [6.07, 6.45) is 0.857. The van der Waals surface area contributed by atoms with Crippen LogP contribution in [-0.4, -0.2) is 49.9 Å². The van der Waals surface area contributed by atoms with Gasteiger partial charge >= 0.3 is 5.97 Å². The van der Waals surface area contributed by atoms with Gasteiger partial charge in [-0.2, -0.15) is 0 Å². The van der Waals surface area contributed by atoms with Gasteiger partial charge in [0.1, 0.15) is 23.9 Å². The maximum atomic E-state index is 13.0. The predicted octanol–water partition coefficient (Wildman–Crippen LogP) is 4.56. The van der Waals surface area contributed by atoms with Crippen LogP contribution >= 0.6 is 0 Å². The molecule has 0 bridgehead atoms. The van der Waals surface area contributed by atoms with Crippen molar-refractivity contribution in [3.8, 4) is 28.7 Å². The zero-order valence-electron chi connectivity index (χ0n) is 20.8. The molecular weight excluding hydrogens is 476 g/mol. The van der Waals surface area contributed by atoms with E-state index in [0.717, 1.165) is 23.1 Å². The van der Waals surface area contributed by atoms with Crippen LogP contribution in [-0.2, 0) is 4.79 Å². The van der Waals surface area contributed by atoms with Gasteiger partial charge in [0.05, 0.1) is 26.2 Å². The van der Waals surface area contributed by atoms with Crippen molar-refractivity contribution < 1.29 is 38.7 Å². The van der Waals surface area contributed by atoms with Crippen LogP contribution in [0.15, 0.2) is 54.6 Å². The molecule has 0 saturated carbocycles. The first kappa shape index (κ1) is 24.8. The van der Waals surface area contributed by atoms with Crippen LogP contribution in [0.3, 0.4) is 0 Å². The number of benzene rings is 3. The molecule has 8 heteroatoms. The molecule has 1 heterocycles. The highest BCUT2D eigenvalue weighted by atomic mass is 16.7. The van der Waals surface area contributed by atoms with Crippen molar-refractivity contribution >= 4 is 5.97 Å². The summed E-state index contributed by atoms with van der Waals surface area (Å²) in [5, 5.41) is 20.0. The van der Waals surface area contributed by atoms with Crippen molar-refractivity contribution in [3.63, 3.8) is 0 Å². The number of aliphatic carboxylic acids is 1. The number of aliphatic hydroxyl groups is 1. The third kappa shape index (κ3) is 4.64. The second kappa shape index (κ2) is 10.6. The summed E-state index contributed by atoms with van der Waals surface area (Å²) >= 11 is 0. The zero-order chi connectivity index (χ0) is 25.9. The molecule has 0 amide bonds. The van der Waals surface area contributed by atoms with Crippen molar-refractivity contribution in [1.29, 1.82) is 0 Å². The summed E-state index contributed by atoms with van der Waals surface area (Å²) in [4.78, 5) is 13.0. The average molecular weight is 507 g/mol. The number of ether oxygens (including phenoxy) is 5. The number of carbonyl (C=O) groups is 1. The highest BCUT2D eigenvalue weighted by Gasteiger charge is 2.48. The van der Waals surface area contributed by atoms with Crippen LogP contribution in [0.1, 0.15) is 47.4 Å². The van der Waals surface area contributed by atoms with Gasteiger partial charge in [0.2, 0.25) is 6.79 Å². The Morgan fingerprint density at radius 2 is 1.68 bits per heavy atom. The molecule has 2 aliphatic rings. The lowest BCUT2D eigenvalue weighted by atomic mass is 9.79. The summed E-state index contributed by atoms with van der Waals surface area (Å²) in [6, 6.07) is 16.8. The molecule has 1 aliphatic carbocycles. The van der Waals surface area contributed by atoms with Crippen LogP contribution in [0, 0.1) is 5.92 Å². The molecule has 3 unspecified atom stereocenters. The fraction of sp³-hybridized carbons (Fsp3) is 0.345. The van der Waals surface area contributed by atoms with E-state index in [2.05, 4.69) is 0 Å². The van der Waals surface area contributed by atoms with Crippen molar-refractivity contribution in [2.75, 3.05) is 33.7 Å². The van der Waals surface area contributed by atoms with Gasteiger partial charge in [-0.05, 0) is 53.4 Å². The molecule has 3 aromatic carbocycles. The number of fused-ring (bicyclic) bond motifs is 2. The number of hydrogen-bond acceptors (Lipinski definition) is 7. The lowest BCUT2D eigenvalue weighted by Crippen LogP contribution is -2.24. The minimum Gasteiger partial charge on any atom is -0.497 e. The summed E-state index contributed by atoms with van der Waals surface area (Å²) in [5.74, 6) is 0.246. The number of carboxylic acids is 1. The molecule has 3 atom stereocenters. The summed E-state index contributed by atoms with van der Waals surface area (Å²) in [7, 11) is 1.56. The first-order valence-electron chi connectivity index (χ1n) is 12.4. The van der Waals surface area contributed by atoms with Gasteiger partial charge < -0.3 is 33.9 Å². The number of rotatable bonds is 10. The summed E-state index contributed by atoms with van der Waals surface area (Å²) in [6.45, 7) is 2.64. The monoisotopic (exact) mass is 506 g/mol. The maximum Gasteiger partial charge on any atom is 0.308 e. The summed E-state index contributed by atoms with van der Waals surface area (Å²) < 4.78 is 28.3. The number of methoxy groups -OCH3 is 1. The Bertz CT molecular complexity index is 1290. The van der Waals surface area contributed by atoms with E-state index in [1.165, 1.54) is 0 Å².